The highest BCUT2D eigenvalue weighted by atomic mass is 32.2. The van der Waals surface area contributed by atoms with Crippen LogP contribution in [0.3, 0.4) is 0 Å². The lowest BCUT2D eigenvalue weighted by Gasteiger charge is -2.20. The monoisotopic (exact) mass is 311 g/mol. The lowest BCUT2D eigenvalue weighted by atomic mass is 9.87. The van der Waals surface area contributed by atoms with Crippen LogP contribution in [0, 0.1) is 5.92 Å². The number of anilines is 2. The summed E-state index contributed by atoms with van der Waals surface area (Å²) in [5.41, 5.74) is 0.887. The van der Waals surface area contributed by atoms with Gasteiger partial charge < -0.3 is 5.32 Å². The van der Waals surface area contributed by atoms with Crippen LogP contribution in [-0.2, 0) is 15.0 Å². The van der Waals surface area contributed by atoms with E-state index in [-0.39, 0.29) is 5.91 Å². The Hall–Kier alpha value is -1.60. The van der Waals surface area contributed by atoms with Gasteiger partial charge in [0, 0.05) is 12.1 Å². The Labute approximate surface area is 125 Å². The van der Waals surface area contributed by atoms with Crippen molar-refractivity contribution in [2.24, 2.45) is 11.1 Å². The molecule has 1 aromatic rings. The third kappa shape index (κ3) is 5.73. The van der Waals surface area contributed by atoms with Crippen LogP contribution in [-0.4, -0.2) is 14.3 Å². The maximum absolute atomic E-state index is 12.0. The number of hydrogen-bond acceptors (Lipinski definition) is 3. The average molecular weight is 311 g/mol. The zero-order valence-corrected chi connectivity index (χ0v) is 12.7. The highest BCUT2D eigenvalue weighted by Crippen LogP contribution is 2.26. The molecular weight excluding hydrogens is 290 g/mol. The molecule has 0 saturated heterocycles. The van der Waals surface area contributed by atoms with Crippen molar-refractivity contribution >= 4 is 27.5 Å². The third-order valence-corrected chi connectivity index (χ3v) is 4.13. The number of carbonyl (C=O) groups is 1. The van der Waals surface area contributed by atoms with Crippen LogP contribution in [0.15, 0.2) is 24.3 Å². The molecule has 4 N–H and O–H groups in total. The van der Waals surface area contributed by atoms with Crippen molar-refractivity contribution in [3.8, 4) is 0 Å². The molecule has 1 amide bonds. The summed E-state index contributed by atoms with van der Waals surface area (Å²) < 4.78 is 24.1. The molecule has 0 unspecified atom stereocenters. The van der Waals surface area contributed by atoms with Gasteiger partial charge in [0.1, 0.15) is 0 Å². The molecular formula is C14H21N3O3S. The van der Waals surface area contributed by atoms with E-state index in [1.807, 2.05) is 0 Å². The van der Waals surface area contributed by atoms with Gasteiger partial charge in [-0.2, -0.15) is 8.42 Å². The maximum atomic E-state index is 12.0. The van der Waals surface area contributed by atoms with Crippen molar-refractivity contribution in [3.63, 3.8) is 0 Å². The smallest absolute Gasteiger partial charge is 0.296 e. The van der Waals surface area contributed by atoms with Gasteiger partial charge in [-0.05, 0) is 37.0 Å². The second-order valence-electron chi connectivity index (χ2n) is 5.48. The first kappa shape index (κ1) is 15.8. The minimum atomic E-state index is -3.81. The Morgan fingerprint density at radius 1 is 1.19 bits per heavy atom. The Kier molecular flexibility index (Phi) is 5.19. The standard InChI is InChI=1S/C14H21N3O3S/c15-21(19,20)17-13-8-4-7-12(10-13)16-14(18)9-11-5-2-1-3-6-11/h4,7-8,10-11,17H,1-3,5-6,9H2,(H,16,18)(H2,15,19,20). The summed E-state index contributed by atoms with van der Waals surface area (Å²) >= 11 is 0. The molecule has 2 rings (SSSR count). The van der Waals surface area contributed by atoms with Gasteiger partial charge >= 0.3 is 0 Å². The Bertz CT molecular complexity index is 595. The van der Waals surface area contributed by atoms with Crippen LogP contribution in [0.5, 0.6) is 0 Å². The number of rotatable bonds is 5. The van der Waals surface area contributed by atoms with E-state index >= 15 is 0 Å². The van der Waals surface area contributed by atoms with Crippen LogP contribution in [0.4, 0.5) is 11.4 Å². The highest BCUT2D eigenvalue weighted by Gasteiger charge is 2.17. The number of carbonyl (C=O) groups excluding carboxylic acids is 1. The molecule has 0 heterocycles. The number of benzene rings is 1. The molecule has 1 aliphatic rings. The molecule has 0 radical (unpaired) electrons. The molecule has 21 heavy (non-hydrogen) atoms. The average Bonchev–Trinajstić information content (AvgIpc) is 2.38. The Morgan fingerprint density at radius 3 is 2.52 bits per heavy atom. The zero-order chi connectivity index (χ0) is 15.3. The first-order valence-electron chi connectivity index (χ1n) is 7.13. The first-order chi connectivity index (χ1) is 9.92. The van der Waals surface area contributed by atoms with Crippen LogP contribution in [0.1, 0.15) is 38.5 Å². The molecule has 0 spiro atoms. The maximum Gasteiger partial charge on any atom is 0.296 e. The fraction of sp³-hybridized carbons (Fsp3) is 0.500. The second-order valence-corrected chi connectivity index (χ2v) is 6.78. The van der Waals surface area contributed by atoms with Crippen molar-refractivity contribution in [2.45, 2.75) is 38.5 Å². The molecule has 116 valence electrons. The SMILES string of the molecule is NS(=O)(=O)Nc1cccc(NC(=O)CC2CCCCC2)c1. The minimum absolute atomic E-state index is 0.0327. The van der Waals surface area contributed by atoms with E-state index in [1.165, 1.54) is 19.3 Å². The van der Waals surface area contributed by atoms with Gasteiger partial charge in [0.25, 0.3) is 10.2 Å². The number of nitrogens with one attached hydrogen (secondary N) is 2. The van der Waals surface area contributed by atoms with Crippen molar-refractivity contribution in [2.75, 3.05) is 10.0 Å². The van der Waals surface area contributed by atoms with Crippen LogP contribution < -0.4 is 15.2 Å². The lowest BCUT2D eigenvalue weighted by molar-refractivity contribution is -0.117. The third-order valence-electron chi connectivity index (χ3n) is 3.61. The Morgan fingerprint density at radius 2 is 1.86 bits per heavy atom. The van der Waals surface area contributed by atoms with Gasteiger partial charge in [-0.25, -0.2) is 5.14 Å². The number of nitrogens with two attached hydrogens (primary N) is 1. The summed E-state index contributed by atoms with van der Waals surface area (Å²) in [6.45, 7) is 0. The molecule has 0 aliphatic heterocycles. The fourth-order valence-electron chi connectivity index (χ4n) is 2.69. The highest BCUT2D eigenvalue weighted by molar-refractivity contribution is 7.90. The van der Waals surface area contributed by atoms with Crippen LogP contribution in [0.2, 0.25) is 0 Å². The minimum Gasteiger partial charge on any atom is -0.326 e. The molecule has 1 aromatic carbocycles. The first-order valence-corrected chi connectivity index (χ1v) is 8.67. The molecule has 1 aliphatic carbocycles. The summed E-state index contributed by atoms with van der Waals surface area (Å²) in [4.78, 5) is 12.0. The quantitative estimate of drug-likeness (QED) is 0.777. The summed E-state index contributed by atoms with van der Waals surface area (Å²) in [5.74, 6) is 0.430. The molecule has 0 bridgehead atoms. The van der Waals surface area contributed by atoms with Crippen molar-refractivity contribution in [3.05, 3.63) is 24.3 Å². The van der Waals surface area contributed by atoms with Gasteiger partial charge in [0.05, 0.1) is 5.69 Å². The predicted molar refractivity (Wildman–Crippen MR) is 83.0 cm³/mol. The van der Waals surface area contributed by atoms with Crippen LogP contribution >= 0.6 is 0 Å². The predicted octanol–water partition coefficient (Wildman–Crippen LogP) is 2.21. The summed E-state index contributed by atoms with van der Waals surface area (Å²) in [6.07, 6.45) is 6.41. The largest absolute Gasteiger partial charge is 0.326 e. The van der Waals surface area contributed by atoms with Gasteiger partial charge in [-0.15, -0.1) is 0 Å². The van der Waals surface area contributed by atoms with Gasteiger partial charge in [-0.3, -0.25) is 9.52 Å². The van der Waals surface area contributed by atoms with E-state index < -0.39 is 10.2 Å². The second kappa shape index (κ2) is 6.91. The summed E-state index contributed by atoms with van der Waals surface area (Å²) in [6, 6.07) is 6.49. The molecule has 1 saturated carbocycles. The number of hydrogen-bond donors (Lipinski definition) is 3. The van der Waals surface area contributed by atoms with Crippen molar-refractivity contribution in [1.82, 2.24) is 0 Å². The molecule has 6 nitrogen and oxygen atoms in total. The van der Waals surface area contributed by atoms with Crippen molar-refractivity contribution in [1.29, 1.82) is 0 Å². The summed E-state index contributed by atoms with van der Waals surface area (Å²) in [7, 11) is -3.81. The molecule has 7 heteroatoms. The summed E-state index contributed by atoms with van der Waals surface area (Å²) in [5, 5.41) is 7.72. The van der Waals surface area contributed by atoms with E-state index in [0.717, 1.165) is 12.8 Å². The van der Waals surface area contributed by atoms with Gasteiger partial charge in [-0.1, -0.05) is 25.3 Å². The van der Waals surface area contributed by atoms with E-state index in [0.29, 0.717) is 23.7 Å². The van der Waals surface area contributed by atoms with Crippen molar-refractivity contribution < 1.29 is 13.2 Å². The Balaban J connectivity index is 1.92. The zero-order valence-electron chi connectivity index (χ0n) is 11.8. The van der Waals surface area contributed by atoms with E-state index in [9.17, 15) is 13.2 Å². The van der Waals surface area contributed by atoms with E-state index in [4.69, 9.17) is 5.14 Å². The molecule has 1 fully saturated rings. The topological polar surface area (TPSA) is 101 Å². The normalized spacial score (nSPS) is 16.4. The van der Waals surface area contributed by atoms with E-state index in [2.05, 4.69) is 10.0 Å². The van der Waals surface area contributed by atoms with Gasteiger partial charge in [0.2, 0.25) is 5.91 Å². The van der Waals surface area contributed by atoms with E-state index in [1.54, 1.807) is 24.3 Å². The molecule has 0 aromatic heterocycles. The van der Waals surface area contributed by atoms with Gasteiger partial charge in [0.15, 0.2) is 0 Å². The number of amides is 1. The lowest BCUT2D eigenvalue weighted by Crippen LogP contribution is -2.22. The fourth-order valence-corrected chi connectivity index (χ4v) is 3.15. The van der Waals surface area contributed by atoms with Crippen LogP contribution in [0.25, 0.3) is 0 Å². The molecule has 0 atom stereocenters.